The van der Waals surface area contributed by atoms with Gasteiger partial charge in [-0.2, -0.15) is 13.2 Å². The summed E-state index contributed by atoms with van der Waals surface area (Å²) in [4.78, 5) is 8.14. The van der Waals surface area contributed by atoms with Gasteiger partial charge in [0.15, 0.2) is 0 Å². The van der Waals surface area contributed by atoms with Crippen molar-refractivity contribution in [2.75, 3.05) is 6.61 Å². The molecule has 0 saturated carbocycles. The maximum atomic E-state index is 13.5. The van der Waals surface area contributed by atoms with Gasteiger partial charge in [0, 0.05) is 17.3 Å². The van der Waals surface area contributed by atoms with E-state index < -0.39 is 17.3 Å². The normalized spacial score (nSPS) is 13.5. The van der Waals surface area contributed by atoms with Crippen LogP contribution in [0.2, 0.25) is 0 Å². The van der Waals surface area contributed by atoms with Crippen LogP contribution in [0.15, 0.2) is 30.5 Å². The lowest BCUT2D eigenvalue weighted by atomic mass is 9.93. The molecule has 142 valence electrons. The number of aromatic nitrogens is 2. The molecule has 0 aliphatic rings. The summed E-state index contributed by atoms with van der Waals surface area (Å²) in [6, 6.07) is 5.56. The zero-order valence-electron chi connectivity index (χ0n) is 15.4. The molecule has 0 amide bonds. The van der Waals surface area contributed by atoms with Crippen LogP contribution < -0.4 is 10.5 Å². The van der Waals surface area contributed by atoms with Crippen molar-refractivity contribution in [1.29, 1.82) is 0 Å². The molecule has 2 N–H and O–H groups in total. The van der Waals surface area contributed by atoms with E-state index in [1.165, 1.54) is 12.3 Å². The van der Waals surface area contributed by atoms with Gasteiger partial charge in [-0.15, -0.1) is 0 Å². The molecule has 1 aromatic heterocycles. The number of nitrogens with two attached hydrogens (primary N) is 1. The summed E-state index contributed by atoms with van der Waals surface area (Å²) in [5, 5.41) is 0. The zero-order chi connectivity index (χ0) is 19.5. The van der Waals surface area contributed by atoms with Gasteiger partial charge in [0.1, 0.15) is 11.6 Å². The molecular weight excluding hydrogens is 343 g/mol. The summed E-state index contributed by atoms with van der Waals surface area (Å²) in [7, 11) is 0. The molecule has 0 fully saturated rings. The van der Waals surface area contributed by atoms with Crippen molar-refractivity contribution in [2.24, 2.45) is 11.7 Å². The van der Waals surface area contributed by atoms with Crippen LogP contribution in [0.3, 0.4) is 0 Å². The first-order chi connectivity index (χ1) is 12.0. The van der Waals surface area contributed by atoms with E-state index in [9.17, 15) is 13.2 Å². The molecule has 7 heteroatoms. The molecule has 2 aromatic rings. The summed E-state index contributed by atoms with van der Waals surface area (Å²) in [5.74, 6) is 0.337. The fourth-order valence-electron chi connectivity index (χ4n) is 2.84. The Morgan fingerprint density at radius 1 is 1.19 bits per heavy atom. The van der Waals surface area contributed by atoms with Crippen molar-refractivity contribution < 1.29 is 17.9 Å². The minimum absolute atomic E-state index is 0.0280. The average molecular weight is 367 g/mol. The van der Waals surface area contributed by atoms with E-state index in [2.05, 4.69) is 9.97 Å². The fraction of sp³-hybridized carbons (Fsp3) is 0.474. The fourth-order valence-corrected chi connectivity index (χ4v) is 2.84. The average Bonchev–Trinajstić information content (AvgIpc) is 2.50. The third-order valence-corrected chi connectivity index (χ3v) is 3.75. The Balaban J connectivity index is 2.27. The molecule has 0 saturated heterocycles. The van der Waals surface area contributed by atoms with Crippen molar-refractivity contribution >= 4 is 0 Å². The monoisotopic (exact) mass is 367 g/mol. The van der Waals surface area contributed by atoms with E-state index in [0.717, 1.165) is 6.07 Å². The van der Waals surface area contributed by atoms with Gasteiger partial charge in [0.2, 0.25) is 0 Å². The number of alkyl halides is 3. The second-order valence-corrected chi connectivity index (χ2v) is 7.31. The summed E-state index contributed by atoms with van der Waals surface area (Å²) in [5.41, 5.74) is 5.55. The molecule has 0 aliphatic carbocycles. The molecule has 0 spiro atoms. The van der Waals surface area contributed by atoms with Crippen molar-refractivity contribution in [3.63, 3.8) is 0 Å². The molecular formula is C19H24F3N3O. The largest absolute Gasteiger partial charge is 0.493 e. The number of rotatable bonds is 6. The molecule has 0 bridgehead atoms. The molecule has 0 radical (unpaired) electrons. The number of benzene rings is 1. The van der Waals surface area contributed by atoms with Gasteiger partial charge >= 0.3 is 6.18 Å². The number of hydrogen-bond donors (Lipinski definition) is 1. The summed E-state index contributed by atoms with van der Waals surface area (Å²) < 4.78 is 45.9. The highest BCUT2D eigenvalue weighted by Crippen LogP contribution is 2.38. The van der Waals surface area contributed by atoms with Crippen molar-refractivity contribution in [3.05, 3.63) is 41.9 Å². The summed E-state index contributed by atoms with van der Waals surface area (Å²) >= 11 is 0. The van der Waals surface area contributed by atoms with Gasteiger partial charge in [-0.05, 0) is 57.4 Å². The Hall–Kier alpha value is -2.15. The van der Waals surface area contributed by atoms with Crippen LogP contribution >= 0.6 is 0 Å². The maximum Gasteiger partial charge on any atom is 0.419 e. The Morgan fingerprint density at radius 2 is 1.88 bits per heavy atom. The van der Waals surface area contributed by atoms with Crippen molar-refractivity contribution in [3.8, 4) is 17.0 Å². The second kappa shape index (κ2) is 7.61. The number of nitrogens with zero attached hydrogens (tertiary/aromatic N) is 2. The lowest BCUT2D eigenvalue weighted by Crippen LogP contribution is -2.35. The van der Waals surface area contributed by atoms with Gasteiger partial charge in [-0.3, -0.25) is 0 Å². The SMILES string of the molecule is Cc1nccc(-c2ccc(OC[C@@H](C)CC(C)(C)N)c(C(F)(F)F)c2)n1. The van der Waals surface area contributed by atoms with Crippen LogP contribution in [0.1, 0.15) is 38.6 Å². The number of halogens is 3. The minimum atomic E-state index is -4.52. The highest BCUT2D eigenvalue weighted by atomic mass is 19.4. The predicted octanol–water partition coefficient (Wildman–Crippen LogP) is 4.61. The molecule has 26 heavy (non-hydrogen) atoms. The topological polar surface area (TPSA) is 61.0 Å². The van der Waals surface area contributed by atoms with Crippen LogP contribution in [0.5, 0.6) is 5.75 Å². The maximum absolute atomic E-state index is 13.5. The molecule has 0 unspecified atom stereocenters. The first kappa shape index (κ1) is 20.2. The first-order valence-corrected chi connectivity index (χ1v) is 8.38. The van der Waals surface area contributed by atoms with Gasteiger partial charge in [0.05, 0.1) is 17.9 Å². The molecule has 1 heterocycles. The molecule has 1 atom stereocenters. The van der Waals surface area contributed by atoms with E-state index in [1.807, 2.05) is 20.8 Å². The highest BCUT2D eigenvalue weighted by Gasteiger charge is 2.35. The van der Waals surface area contributed by atoms with E-state index in [0.29, 0.717) is 23.5 Å². The van der Waals surface area contributed by atoms with E-state index >= 15 is 0 Å². The summed E-state index contributed by atoms with van der Waals surface area (Å²) in [6.45, 7) is 7.51. The number of hydrogen-bond acceptors (Lipinski definition) is 4. The van der Waals surface area contributed by atoms with Crippen LogP contribution in [0.25, 0.3) is 11.3 Å². The molecule has 1 aromatic carbocycles. The number of aryl methyl sites for hydroxylation is 1. The van der Waals surface area contributed by atoms with E-state index in [-0.39, 0.29) is 18.3 Å². The zero-order valence-corrected chi connectivity index (χ0v) is 15.4. The van der Waals surface area contributed by atoms with Gasteiger partial charge in [-0.1, -0.05) is 6.92 Å². The quantitative estimate of drug-likeness (QED) is 0.810. The van der Waals surface area contributed by atoms with Gasteiger partial charge in [0.25, 0.3) is 0 Å². The van der Waals surface area contributed by atoms with E-state index in [4.69, 9.17) is 10.5 Å². The standard InChI is InChI=1S/C19H24F3N3O/c1-12(10-18(3,4)23)11-26-17-6-5-14(9-15(17)19(20,21)22)16-7-8-24-13(2)25-16/h5-9,12H,10-11,23H2,1-4H3/t12-/m0/s1. The van der Waals surface area contributed by atoms with E-state index in [1.54, 1.807) is 19.1 Å². The van der Waals surface area contributed by atoms with Crippen LogP contribution in [0.4, 0.5) is 13.2 Å². The minimum Gasteiger partial charge on any atom is -0.493 e. The van der Waals surface area contributed by atoms with Gasteiger partial charge in [-0.25, -0.2) is 9.97 Å². The first-order valence-electron chi connectivity index (χ1n) is 8.38. The Bertz CT molecular complexity index is 754. The van der Waals surface area contributed by atoms with Gasteiger partial charge < -0.3 is 10.5 Å². The molecule has 4 nitrogen and oxygen atoms in total. The van der Waals surface area contributed by atoms with Crippen molar-refractivity contribution in [2.45, 2.75) is 45.8 Å². The van der Waals surface area contributed by atoms with Crippen LogP contribution in [0, 0.1) is 12.8 Å². The Morgan fingerprint density at radius 3 is 2.46 bits per heavy atom. The van der Waals surface area contributed by atoms with Crippen molar-refractivity contribution in [1.82, 2.24) is 9.97 Å². The highest BCUT2D eigenvalue weighted by molar-refractivity contribution is 5.62. The van der Waals surface area contributed by atoms with Crippen LogP contribution in [-0.4, -0.2) is 22.1 Å². The lowest BCUT2D eigenvalue weighted by Gasteiger charge is -2.24. The Kier molecular flexibility index (Phi) is 5.91. The summed E-state index contributed by atoms with van der Waals surface area (Å²) in [6.07, 6.45) is -2.36. The lowest BCUT2D eigenvalue weighted by molar-refractivity contribution is -0.139. The number of ether oxygens (including phenoxy) is 1. The third-order valence-electron chi connectivity index (χ3n) is 3.75. The Labute approximate surface area is 151 Å². The predicted molar refractivity (Wildman–Crippen MR) is 94.7 cm³/mol. The molecule has 0 aliphatic heterocycles. The smallest absolute Gasteiger partial charge is 0.419 e. The third kappa shape index (κ3) is 5.69. The van der Waals surface area contributed by atoms with Crippen LogP contribution in [-0.2, 0) is 6.18 Å². The molecule has 2 rings (SSSR count). The second-order valence-electron chi connectivity index (χ2n) is 7.31.